The molecular formula is C18H30IN3O2. The van der Waals surface area contributed by atoms with E-state index < -0.39 is 0 Å². The minimum absolute atomic E-state index is 0. The quantitative estimate of drug-likeness (QED) is 0.383. The van der Waals surface area contributed by atoms with Crippen LogP contribution in [-0.4, -0.2) is 37.9 Å². The molecule has 136 valence electrons. The van der Waals surface area contributed by atoms with Gasteiger partial charge in [-0.15, -0.1) is 24.0 Å². The molecule has 0 amide bonds. The molecule has 2 N–H and O–H groups in total. The predicted molar refractivity (Wildman–Crippen MR) is 109 cm³/mol. The minimum Gasteiger partial charge on any atom is -0.494 e. The first-order valence-corrected chi connectivity index (χ1v) is 8.53. The Kier molecular flexibility index (Phi) is 9.43. The second-order valence-corrected chi connectivity index (χ2v) is 5.99. The maximum Gasteiger partial charge on any atom is 0.191 e. The third kappa shape index (κ3) is 6.47. The number of nitrogens with zero attached hydrogens (tertiary/aromatic N) is 1. The topological polar surface area (TPSA) is 54.9 Å². The van der Waals surface area contributed by atoms with Crippen LogP contribution in [0.3, 0.4) is 0 Å². The Morgan fingerprint density at radius 3 is 2.75 bits per heavy atom. The molecule has 24 heavy (non-hydrogen) atoms. The molecular weight excluding hydrogens is 417 g/mol. The molecule has 0 bridgehead atoms. The molecule has 1 aromatic carbocycles. The number of ether oxygens (including phenoxy) is 2. The van der Waals surface area contributed by atoms with Crippen molar-refractivity contribution in [2.75, 3.05) is 26.3 Å². The zero-order valence-electron chi connectivity index (χ0n) is 14.9. The smallest absolute Gasteiger partial charge is 0.191 e. The second-order valence-electron chi connectivity index (χ2n) is 5.99. The van der Waals surface area contributed by atoms with Crippen LogP contribution in [0.4, 0.5) is 0 Å². The zero-order valence-corrected chi connectivity index (χ0v) is 17.3. The highest BCUT2D eigenvalue weighted by Gasteiger charge is 2.29. The summed E-state index contributed by atoms with van der Waals surface area (Å²) in [6, 6.07) is 8.04. The molecule has 0 saturated carbocycles. The normalized spacial score (nSPS) is 20.4. The summed E-state index contributed by atoms with van der Waals surface area (Å²) in [5.74, 6) is 1.72. The summed E-state index contributed by atoms with van der Waals surface area (Å²) in [5, 5.41) is 6.69. The van der Waals surface area contributed by atoms with Crippen molar-refractivity contribution in [2.45, 2.75) is 45.8 Å². The van der Waals surface area contributed by atoms with E-state index in [-0.39, 0.29) is 29.6 Å². The van der Waals surface area contributed by atoms with Gasteiger partial charge in [0.05, 0.1) is 18.8 Å². The first-order valence-electron chi connectivity index (χ1n) is 8.53. The molecule has 1 aliphatic rings. The molecule has 1 saturated heterocycles. The van der Waals surface area contributed by atoms with Gasteiger partial charge in [-0.2, -0.15) is 0 Å². The zero-order chi connectivity index (χ0) is 16.5. The maximum absolute atomic E-state index is 5.82. The van der Waals surface area contributed by atoms with Crippen LogP contribution in [0, 0.1) is 0 Å². The average Bonchev–Trinajstić information content (AvgIpc) is 2.99. The van der Waals surface area contributed by atoms with Gasteiger partial charge in [-0.05, 0) is 39.7 Å². The van der Waals surface area contributed by atoms with Gasteiger partial charge in [0.25, 0.3) is 0 Å². The summed E-state index contributed by atoms with van der Waals surface area (Å²) < 4.78 is 11.5. The third-order valence-electron chi connectivity index (χ3n) is 3.95. The van der Waals surface area contributed by atoms with E-state index in [0.717, 1.165) is 49.8 Å². The fourth-order valence-electron chi connectivity index (χ4n) is 2.68. The molecule has 1 aliphatic heterocycles. The lowest BCUT2D eigenvalue weighted by Gasteiger charge is -2.24. The molecule has 0 aliphatic carbocycles. The van der Waals surface area contributed by atoms with Gasteiger partial charge < -0.3 is 20.1 Å². The molecule has 1 aromatic rings. The van der Waals surface area contributed by atoms with Gasteiger partial charge >= 0.3 is 0 Å². The molecule has 2 rings (SSSR count). The lowest BCUT2D eigenvalue weighted by molar-refractivity contribution is 0.0243. The summed E-state index contributed by atoms with van der Waals surface area (Å²) in [6.45, 7) is 9.92. The molecule has 1 atom stereocenters. The van der Waals surface area contributed by atoms with Crippen LogP contribution in [0.15, 0.2) is 29.3 Å². The van der Waals surface area contributed by atoms with Crippen molar-refractivity contribution in [2.24, 2.45) is 4.99 Å². The first kappa shape index (κ1) is 21.0. The van der Waals surface area contributed by atoms with Crippen molar-refractivity contribution < 1.29 is 9.47 Å². The predicted octanol–water partition coefficient (Wildman–Crippen LogP) is 3.33. The highest BCUT2D eigenvalue weighted by molar-refractivity contribution is 14.0. The SMILES string of the molecule is CCNC(=NCc1ccccc1OCC)NCC1(C)CCCO1.I. The Morgan fingerprint density at radius 2 is 2.08 bits per heavy atom. The minimum atomic E-state index is -0.0839. The molecule has 0 radical (unpaired) electrons. The largest absolute Gasteiger partial charge is 0.494 e. The van der Waals surface area contributed by atoms with Crippen molar-refractivity contribution >= 4 is 29.9 Å². The van der Waals surface area contributed by atoms with E-state index in [1.165, 1.54) is 0 Å². The second kappa shape index (κ2) is 10.8. The summed E-state index contributed by atoms with van der Waals surface area (Å²) >= 11 is 0. The highest BCUT2D eigenvalue weighted by Crippen LogP contribution is 2.24. The first-order chi connectivity index (χ1) is 11.2. The van der Waals surface area contributed by atoms with Gasteiger partial charge in [0.1, 0.15) is 5.75 Å². The number of benzene rings is 1. The van der Waals surface area contributed by atoms with E-state index in [1.807, 2.05) is 25.1 Å². The molecule has 0 aromatic heterocycles. The molecule has 1 heterocycles. The highest BCUT2D eigenvalue weighted by atomic mass is 127. The van der Waals surface area contributed by atoms with Crippen molar-refractivity contribution in [1.29, 1.82) is 0 Å². The fraction of sp³-hybridized carbons (Fsp3) is 0.611. The number of hydrogen-bond donors (Lipinski definition) is 2. The van der Waals surface area contributed by atoms with Gasteiger partial charge in [-0.1, -0.05) is 18.2 Å². The van der Waals surface area contributed by atoms with E-state index >= 15 is 0 Å². The Balaban J connectivity index is 0.00000288. The summed E-state index contributed by atoms with van der Waals surface area (Å²) in [6.07, 6.45) is 2.22. The lowest BCUT2D eigenvalue weighted by Crippen LogP contribution is -2.45. The van der Waals surface area contributed by atoms with Crippen molar-refractivity contribution in [1.82, 2.24) is 10.6 Å². The standard InChI is InChI=1S/C18H29N3O2.HI/c1-4-19-17(21-14-18(3)11-8-12-23-18)20-13-15-9-6-7-10-16(15)22-5-2;/h6-7,9-10H,4-5,8,11-14H2,1-3H3,(H2,19,20,21);1H. The van der Waals surface area contributed by atoms with Crippen LogP contribution in [0.1, 0.15) is 39.2 Å². The number of para-hydroxylation sites is 1. The van der Waals surface area contributed by atoms with E-state index in [1.54, 1.807) is 0 Å². The van der Waals surface area contributed by atoms with Gasteiger partial charge in [-0.25, -0.2) is 4.99 Å². The summed E-state index contributed by atoms with van der Waals surface area (Å²) in [7, 11) is 0. The van der Waals surface area contributed by atoms with Gasteiger partial charge in [0.2, 0.25) is 0 Å². The van der Waals surface area contributed by atoms with Crippen LogP contribution in [-0.2, 0) is 11.3 Å². The number of rotatable bonds is 7. The van der Waals surface area contributed by atoms with E-state index in [0.29, 0.717) is 13.2 Å². The van der Waals surface area contributed by atoms with Gasteiger partial charge in [0.15, 0.2) is 5.96 Å². The van der Waals surface area contributed by atoms with Crippen LogP contribution in [0.25, 0.3) is 0 Å². The van der Waals surface area contributed by atoms with Gasteiger partial charge in [0, 0.05) is 25.3 Å². The lowest BCUT2D eigenvalue weighted by atomic mass is 10.0. The van der Waals surface area contributed by atoms with Crippen molar-refractivity contribution in [3.8, 4) is 5.75 Å². The maximum atomic E-state index is 5.82. The Hall–Kier alpha value is -1.02. The molecule has 1 unspecified atom stereocenters. The molecule has 0 spiro atoms. The third-order valence-corrected chi connectivity index (χ3v) is 3.95. The van der Waals surface area contributed by atoms with Crippen LogP contribution in [0.5, 0.6) is 5.75 Å². The van der Waals surface area contributed by atoms with Crippen molar-refractivity contribution in [3.63, 3.8) is 0 Å². The van der Waals surface area contributed by atoms with Crippen LogP contribution >= 0.6 is 24.0 Å². The van der Waals surface area contributed by atoms with E-state index in [2.05, 4.69) is 35.5 Å². The summed E-state index contributed by atoms with van der Waals surface area (Å²) in [4.78, 5) is 4.68. The number of guanidine groups is 1. The number of halogens is 1. The molecule has 5 nitrogen and oxygen atoms in total. The van der Waals surface area contributed by atoms with Gasteiger partial charge in [-0.3, -0.25) is 0 Å². The number of aliphatic imine (C=N–C) groups is 1. The van der Waals surface area contributed by atoms with Crippen LogP contribution < -0.4 is 15.4 Å². The molecule has 1 fully saturated rings. The average molecular weight is 447 g/mol. The van der Waals surface area contributed by atoms with Crippen molar-refractivity contribution in [3.05, 3.63) is 29.8 Å². The summed E-state index contributed by atoms with van der Waals surface area (Å²) in [5.41, 5.74) is 1.01. The number of hydrogen-bond acceptors (Lipinski definition) is 3. The Labute approximate surface area is 162 Å². The Morgan fingerprint density at radius 1 is 1.29 bits per heavy atom. The van der Waals surface area contributed by atoms with E-state index in [4.69, 9.17) is 9.47 Å². The number of nitrogens with one attached hydrogen (secondary N) is 2. The van der Waals surface area contributed by atoms with Crippen LogP contribution in [0.2, 0.25) is 0 Å². The monoisotopic (exact) mass is 447 g/mol. The van der Waals surface area contributed by atoms with E-state index in [9.17, 15) is 0 Å². The molecule has 6 heteroatoms. The fourth-order valence-corrected chi connectivity index (χ4v) is 2.68. The Bertz CT molecular complexity index is 517.